The lowest BCUT2D eigenvalue weighted by molar-refractivity contribution is 0.0997. The number of anilines is 1. The molecule has 0 saturated carbocycles. The molecule has 132 valence electrons. The predicted molar refractivity (Wildman–Crippen MR) is 100 cm³/mol. The van der Waals surface area contributed by atoms with Gasteiger partial charge in [0.1, 0.15) is 5.00 Å². The number of pyridine rings is 1. The minimum atomic E-state index is 0.0145. The number of benzene rings is 1. The van der Waals surface area contributed by atoms with Crippen LogP contribution in [0.25, 0.3) is 11.1 Å². The molecule has 2 aromatic heterocycles. The fourth-order valence-corrected chi connectivity index (χ4v) is 3.80. The van der Waals surface area contributed by atoms with Gasteiger partial charge in [0.15, 0.2) is 5.75 Å². The van der Waals surface area contributed by atoms with Gasteiger partial charge >= 0.3 is 0 Å². The number of hydrogen-bond acceptors (Lipinski definition) is 6. The summed E-state index contributed by atoms with van der Waals surface area (Å²) in [6, 6.07) is 9.66. The number of nitrogens with zero attached hydrogens (tertiary/aromatic N) is 3. The number of carbonyl (C=O) groups is 1. The summed E-state index contributed by atoms with van der Waals surface area (Å²) in [6.07, 6.45) is 1.74. The first-order chi connectivity index (χ1) is 12.6. The second-order valence-electron chi connectivity index (χ2n) is 6.01. The number of aromatic nitrogens is 2. The van der Waals surface area contributed by atoms with Crippen molar-refractivity contribution in [1.82, 2.24) is 9.36 Å². The first kappa shape index (κ1) is 16.5. The Labute approximate surface area is 155 Å². The predicted octanol–water partition coefficient (Wildman–Crippen LogP) is 3.69. The van der Waals surface area contributed by atoms with E-state index in [0.29, 0.717) is 18.2 Å². The van der Waals surface area contributed by atoms with Gasteiger partial charge in [0.2, 0.25) is 0 Å². The summed E-state index contributed by atoms with van der Waals surface area (Å²) >= 11 is 1.35. The van der Waals surface area contributed by atoms with Gasteiger partial charge in [-0.2, -0.15) is 4.37 Å². The Kier molecular flexibility index (Phi) is 4.08. The molecule has 0 bridgehead atoms. The fraction of sp³-hybridized carbons (Fsp3) is 0.211. The summed E-state index contributed by atoms with van der Waals surface area (Å²) in [6.45, 7) is 2.47. The summed E-state index contributed by atoms with van der Waals surface area (Å²) in [5, 5.41) is 0.873. The van der Waals surface area contributed by atoms with Crippen LogP contribution in [0.1, 0.15) is 21.6 Å². The summed E-state index contributed by atoms with van der Waals surface area (Å²) < 4.78 is 14.8. The van der Waals surface area contributed by atoms with Crippen LogP contribution in [-0.4, -0.2) is 29.5 Å². The summed E-state index contributed by atoms with van der Waals surface area (Å²) in [4.78, 5) is 18.8. The quantitative estimate of drug-likeness (QED) is 0.704. The van der Waals surface area contributed by atoms with E-state index in [-0.39, 0.29) is 5.91 Å². The molecule has 0 radical (unpaired) electrons. The molecule has 7 heteroatoms. The Morgan fingerprint density at radius 2 is 1.96 bits per heavy atom. The summed E-state index contributed by atoms with van der Waals surface area (Å²) in [5.41, 5.74) is 4.53. The first-order valence-corrected chi connectivity index (χ1v) is 8.84. The van der Waals surface area contributed by atoms with Crippen molar-refractivity contribution in [3.63, 3.8) is 0 Å². The largest absolute Gasteiger partial charge is 0.491 e. The van der Waals surface area contributed by atoms with E-state index in [0.717, 1.165) is 32.9 Å². The molecule has 0 spiro atoms. The molecule has 1 aliphatic rings. The van der Waals surface area contributed by atoms with Crippen LogP contribution in [0.2, 0.25) is 0 Å². The lowest BCUT2D eigenvalue weighted by Crippen LogP contribution is -2.21. The number of hydrogen-bond donors (Lipinski definition) is 0. The van der Waals surface area contributed by atoms with Crippen molar-refractivity contribution in [3.8, 4) is 22.8 Å². The van der Waals surface area contributed by atoms with Crippen molar-refractivity contribution in [3.05, 3.63) is 53.3 Å². The number of rotatable bonds is 4. The highest BCUT2D eigenvalue weighted by Gasteiger charge is 2.30. The Balaban J connectivity index is 1.69. The van der Waals surface area contributed by atoms with Gasteiger partial charge in [0.05, 0.1) is 26.5 Å². The highest BCUT2D eigenvalue weighted by Crippen LogP contribution is 2.35. The Morgan fingerprint density at radius 1 is 1.12 bits per heavy atom. The molecular formula is C19H17N3O3S. The molecule has 3 heterocycles. The zero-order chi connectivity index (χ0) is 18.3. The topological polar surface area (TPSA) is 64.5 Å². The molecule has 6 nitrogen and oxygen atoms in total. The number of carbonyl (C=O) groups excluding carboxylic acids is 1. The molecule has 0 N–H and O–H groups in total. The van der Waals surface area contributed by atoms with Gasteiger partial charge in [-0.1, -0.05) is 6.07 Å². The van der Waals surface area contributed by atoms with Crippen molar-refractivity contribution < 1.29 is 14.3 Å². The van der Waals surface area contributed by atoms with Crippen molar-refractivity contribution >= 4 is 22.4 Å². The van der Waals surface area contributed by atoms with Crippen molar-refractivity contribution in [2.75, 3.05) is 19.1 Å². The molecule has 1 amide bonds. The second-order valence-corrected chi connectivity index (χ2v) is 6.79. The maximum Gasteiger partial charge on any atom is 0.259 e. The molecule has 3 aromatic rings. The zero-order valence-electron chi connectivity index (χ0n) is 14.6. The zero-order valence-corrected chi connectivity index (χ0v) is 15.5. The van der Waals surface area contributed by atoms with Crippen LogP contribution in [0, 0.1) is 6.92 Å². The number of fused-ring (bicyclic) bond motifs is 1. The molecule has 26 heavy (non-hydrogen) atoms. The van der Waals surface area contributed by atoms with E-state index >= 15 is 0 Å². The molecule has 4 rings (SSSR count). The molecular weight excluding hydrogens is 350 g/mol. The van der Waals surface area contributed by atoms with Crippen molar-refractivity contribution in [2.24, 2.45) is 0 Å². The molecule has 1 aromatic carbocycles. The van der Waals surface area contributed by atoms with E-state index in [1.54, 1.807) is 25.3 Å². The van der Waals surface area contributed by atoms with Gasteiger partial charge in [-0.05, 0) is 53.8 Å². The Bertz CT molecular complexity index is 999. The van der Waals surface area contributed by atoms with Gasteiger partial charge in [-0.3, -0.25) is 9.69 Å². The third-order valence-corrected chi connectivity index (χ3v) is 5.26. The van der Waals surface area contributed by atoms with Crippen LogP contribution in [0.5, 0.6) is 11.6 Å². The second kappa shape index (κ2) is 6.42. The van der Waals surface area contributed by atoms with Crippen molar-refractivity contribution in [2.45, 2.75) is 13.5 Å². The van der Waals surface area contributed by atoms with Crippen LogP contribution >= 0.6 is 11.5 Å². The average Bonchev–Trinajstić information content (AvgIpc) is 3.24. The van der Waals surface area contributed by atoms with E-state index in [1.807, 2.05) is 37.3 Å². The van der Waals surface area contributed by atoms with Crippen LogP contribution in [0.3, 0.4) is 0 Å². The van der Waals surface area contributed by atoms with Gasteiger partial charge in [0, 0.05) is 17.3 Å². The van der Waals surface area contributed by atoms with E-state index < -0.39 is 0 Å². The lowest BCUT2D eigenvalue weighted by atomic mass is 10.0. The molecule has 0 saturated heterocycles. The minimum Gasteiger partial charge on any atom is -0.491 e. The highest BCUT2D eigenvalue weighted by atomic mass is 32.1. The van der Waals surface area contributed by atoms with Gasteiger partial charge in [0.25, 0.3) is 11.8 Å². The third kappa shape index (κ3) is 2.70. The van der Waals surface area contributed by atoms with Crippen LogP contribution in [0.4, 0.5) is 5.00 Å². The molecule has 0 aliphatic carbocycles. The lowest BCUT2D eigenvalue weighted by Gasteiger charge is -2.11. The van der Waals surface area contributed by atoms with Crippen LogP contribution < -0.4 is 14.4 Å². The molecule has 0 fully saturated rings. The molecule has 1 aliphatic heterocycles. The van der Waals surface area contributed by atoms with E-state index in [2.05, 4.69) is 9.36 Å². The average molecular weight is 367 g/mol. The van der Waals surface area contributed by atoms with Gasteiger partial charge in [-0.25, -0.2) is 4.98 Å². The summed E-state index contributed by atoms with van der Waals surface area (Å²) in [5.74, 6) is 1.03. The Hall–Kier alpha value is -2.93. The highest BCUT2D eigenvalue weighted by molar-refractivity contribution is 7.10. The monoisotopic (exact) mass is 367 g/mol. The Morgan fingerprint density at radius 3 is 2.65 bits per heavy atom. The van der Waals surface area contributed by atoms with Crippen LogP contribution in [0.15, 0.2) is 36.5 Å². The number of methoxy groups -OCH3 is 2. The maximum absolute atomic E-state index is 12.7. The number of aryl methyl sites for hydroxylation is 1. The third-order valence-electron chi connectivity index (χ3n) is 4.36. The maximum atomic E-state index is 12.7. The SMILES string of the molecule is COc1cc(-c2ccc3c(c2)CN(c2cc(C)ns2)C3=O)cnc1OC. The van der Waals surface area contributed by atoms with Crippen molar-refractivity contribution in [1.29, 1.82) is 0 Å². The molecule has 0 atom stereocenters. The van der Waals surface area contributed by atoms with Gasteiger partial charge < -0.3 is 9.47 Å². The number of ether oxygens (including phenoxy) is 2. The summed E-state index contributed by atoms with van der Waals surface area (Å²) in [7, 11) is 3.14. The van der Waals surface area contributed by atoms with Crippen LogP contribution in [-0.2, 0) is 6.54 Å². The minimum absolute atomic E-state index is 0.0145. The first-order valence-electron chi connectivity index (χ1n) is 8.07. The van der Waals surface area contributed by atoms with E-state index in [9.17, 15) is 4.79 Å². The normalized spacial score (nSPS) is 13.0. The molecule has 0 unspecified atom stereocenters. The van der Waals surface area contributed by atoms with Gasteiger partial charge in [-0.15, -0.1) is 0 Å². The number of amides is 1. The fourth-order valence-electron chi connectivity index (χ4n) is 3.05. The standard InChI is InChI=1S/C19H17N3O3S/c1-11-6-17(26-21-11)22-10-14-7-12(4-5-15(14)19(22)23)13-8-16(24-2)18(25-3)20-9-13/h4-9H,10H2,1-3H3. The van der Waals surface area contributed by atoms with E-state index in [1.165, 1.54) is 11.5 Å². The smallest absolute Gasteiger partial charge is 0.259 e. The van der Waals surface area contributed by atoms with E-state index in [4.69, 9.17) is 9.47 Å².